The molecule has 7 heteroatoms. The molecular formula is C14H20ClNO4S. The number of halogens is 1. The maximum Gasteiger partial charge on any atom is 0.244 e. The fourth-order valence-electron chi connectivity index (χ4n) is 1.86. The van der Waals surface area contributed by atoms with E-state index in [1.165, 1.54) is 36.3 Å². The third kappa shape index (κ3) is 4.40. The number of aliphatic hydroxyl groups excluding tert-OH is 1. The number of aliphatic hydroxyl groups is 1. The standard InChI is InChI=1S/C14H20ClNO4S/c1-16(6-7-20-10-11-2-3-11)21(18,19)14-8-12(9-17)4-5-13(14)15/h4-5,8,11,17H,2-3,6-7,9-10H2,1H3. The minimum Gasteiger partial charge on any atom is -0.392 e. The van der Waals surface area contributed by atoms with Gasteiger partial charge in [0.1, 0.15) is 4.90 Å². The molecule has 0 bridgehead atoms. The van der Waals surface area contributed by atoms with Crippen LogP contribution in [0.5, 0.6) is 0 Å². The van der Waals surface area contributed by atoms with E-state index in [-0.39, 0.29) is 23.1 Å². The molecule has 21 heavy (non-hydrogen) atoms. The molecule has 0 atom stereocenters. The molecule has 1 aliphatic rings. The summed E-state index contributed by atoms with van der Waals surface area (Å²) < 4.78 is 31.6. The molecule has 0 aliphatic heterocycles. The lowest BCUT2D eigenvalue weighted by Gasteiger charge is -2.18. The Balaban J connectivity index is 2.01. The van der Waals surface area contributed by atoms with Gasteiger partial charge in [-0.1, -0.05) is 17.7 Å². The average Bonchev–Trinajstić information content (AvgIpc) is 3.27. The monoisotopic (exact) mass is 333 g/mol. The molecule has 0 saturated heterocycles. The predicted molar refractivity (Wildman–Crippen MR) is 80.7 cm³/mol. The average molecular weight is 334 g/mol. The van der Waals surface area contributed by atoms with Crippen molar-refractivity contribution >= 4 is 21.6 Å². The first-order chi connectivity index (χ1) is 9.95. The zero-order valence-corrected chi connectivity index (χ0v) is 13.5. The van der Waals surface area contributed by atoms with Gasteiger partial charge in [-0.2, -0.15) is 4.31 Å². The summed E-state index contributed by atoms with van der Waals surface area (Å²) in [5, 5.41) is 9.27. The van der Waals surface area contributed by atoms with Crippen LogP contribution in [0.15, 0.2) is 23.1 Å². The zero-order valence-electron chi connectivity index (χ0n) is 12.0. The van der Waals surface area contributed by atoms with Crippen molar-refractivity contribution in [2.45, 2.75) is 24.3 Å². The second-order valence-corrected chi connectivity index (χ2v) is 7.69. The largest absolute Gasteiger partial charge is 0.392 e. The Morgan fingerprint density at radius 1 is 1.43 bits per heavy atom. The lowest BCUT2D eigenvalue weighted by atomic mass is 10.2. The van der Waals surface area contributed by atoms with Gasteiger partial charge in [0.05, 0.1) is 18.2 Å². The van der Waals surface area contributed by atoms with Crippen molar-refractivity contribution < 1.29 is 18.3 Å². The van der Waals surface area contributed by atoms with Gasteiger partial charge in [0.25, 0.3) is 0 Å². The maximum absolute atomic E-state index is 12.5. The van der Waals surface area contributed by atoms with Crippen LogP contribution < -0.4 is 0 Å². The fourth-order valence-corrected chi connectivity index (χ4v) is 3.53. The van der Waals surface area contributed by atoms with Crippen LogP contribution >= 0.6 is 11.6 Å². The van der Waals surface area contributed by atoms with Crippen molar-refractivity contribution in [2.75, 3.05) is 26.8 Å². The second-order valence-electron chi connectivity index (χ2n) is 5.27. The summed E-state index contributed by atoms with van der Waals surface area (Å²) in [6.45, 7) is 1.11. The summed E-state index contributed by atoms with van der Waals surface area (Å²) in [6.07, 6.45) is 2.41. The smallest absolute Gasteiger partial charge is 0.244 e. The van der Waals surface area contributed by atoms with E-state index in [1.807, 2.05) is 0 Å². The fraction of sp³-hybridized carbons (Fsp3) is 0.571. The Hall–Kier alpha value is -0.660. The number of benzene rings is 1. The minimum absolute atomic E-state index is 0.0143. The van der Waals surface area contributed by atoms with Crippen molar-refractivity contribution in [1.82, 2.24) is 4.31 Å². The molecule has 1 fully saturated rings. The quantitative estimate of drug-likeness (QED) is 0.738. The van der Waals surface area contributed by atoms with E-state index in [4.69, 9.17) is 21.4 Å². The highest BCUT2D eigenvalue weighted by Gasteiger charge is 2.25. The molecule has 5 nitrogen and oxygen atoms in total. The van der Waals surface area contributed by atoms with Crippen LogP contribution in [0.3, 0.4) is 0 Å². The summed E-state index contributed by atoms with van der Waals surface area (Å²) in [6, 6.07) is 4.48. The van der Waals surface area contributed by atoms with E-state index >= 15 is 0 Å². The molecule has 1 N–H and O–H groups in total. The number of ether oxygens (including phenoxy) is 1. The van der Waals surface area contributed by atoms with Crippen molar-refractivity contribution in [2.24, 2.45) is 5.92 Å². The molecule has 0 amide bonds. The zero-order chi connectivity index (χ0) is 15.5. The summed E-state index contributed by atoms with van der Waals surface area (Å²) in [5.41, 5.74) is 0.511. The molecule has 118 valence electrons. The number of nitrogens with zero attached hydrogens (tertiary/aromatic N) is 1. The minimum atomic E-state index is -3.68. The van der Waals surface area contributed by atoms with Gasteiger partial charge in [0.15, 0.2) is 0 Å². The third-order valence-corrected chi connectivity index (χ3v) is 5.81. The van der Waals surface area contributed by atoms with Crippen LogP contribution in [-0.4, -0.2) is 44.6 Å². The number of hydrogen-bond acceptors (Lipinski definition) is 4. The van der Waals surface area contributed by atoms with Crippen molar-refractivity contribution in [3.63, 3.8) is 0 Å². The first-order valence-electron chi connectivity index (χ1n) is 6.88. The molecule has 1 saturated carbocycles. The molecule has 1 aromatic carbocycles. The maximum atomic E-state index is 12.5. The van der Waals surface area contributed by atoms with E-state index in [0.29, 0.717) is 24.7 Å². The van der Waals surface area contributed by atoms with Crippen molar-refractivity contribution in [3.8, 4) is 0 Å². The van der Waals surface area contributed by atoms with Gasteiger partial charge in [-0.15, -0.1) is 0 Å². The highest BCUT2D eigenvalue weighted by molar-refractivity contribution is 7.89. The van der Waals surface area contributed by atoms with Gasteiger partial charge >= 0.3 is 0 Å². The summed E-state index contributed by atoms with van der Waals surface area (Å²) >= 11 is 5.97. The Labute approximate surface area is 130 Å². The number of likely N-dealkylation sites (N-methyl/N-ethyl adjacent to an activating group) is 1. The molecule has 2 rings (SSSR count). The first kappa shape index (κ1) is 16.7. The number of sulfonamides is 1. The molecule has 0 spiro atoms. The van der Waals surface area contributed by atoms with Gasteiger partial charge in [-0.25, -0.2) is 8.42 Å². The first-order valence-corrected chi connectivity index (χ1v) is 8.70. The predicted octanol–water partition coefficient (Wildman–Crippen LogP) is 1.88. The van der Waals surface area contributed by atoms with Crippen LogP contribution in [0.25, 0.3) is 0 Å². The van der Waals surface area contributed by atoms with Gasteiger partial charge in [-0.05, 0) is 36.5 Å². The van der Waals surface area contributed by atoms with Gasteiger partial charge in [0, 0.05) is 20.2 Å². The molecule has 0 aromatic heterocycles. The van der Waals surface area contributed by atoms with Crippen molar-refractivity contribution in [1.29, 1.82) is 0 Å². The van der Waals surface area contributed by atoms with Crippen LogP contribution in [-0.2, 0) is 21.4 Å². The van der Waals surface area contributed by atoms with Crippen LogP contribution in [0.2, 0.25) is 5.02 Å². The Morgan fingerprint density at radius 2 is 2.14 bits per heavy atom. The molecule has 0 heterocycles. The molecule has 1 aromatic rings. The third-order valence-electron chi connectivity index (χ3n) is 3.47. The Kier molecular flexibility index (Phi) is 5.62. The number of hydrogen-bond donors (Lipinski definition) is 1. The van der Waals surface area contributed by atoms with E-state index in [0.717, 1.165) is 0 Å². The lowest BCUT2D eigenvalue weighted by Crippen LogP contribution is -2.30. The van der Waals surface area contributed by atoms with E-state index in [2.05, 4.69) is 0 Å². The molecule has 0 unspecified atom stereocenters. The van der Waals surface area contributed by atoms with Crippen molar-refractivity contribution in [3.05, 3.63) is 28.8 Å². The summed E-state index contributed by atoms with van der Waals surface area (Å²) in [4.78, 5) is 0.0143. The van der Waals surface area contributed by atoms with Gasteiger partial charge in [0.2, 0.25) is 10.0 Å². The lowest BCUT2D eigenvalue weighted by molar-refractivity contribution is 0.117. The molecule has 0 radical (unpaired) electrons. The highest BCUT2D eigenvalue weighted by atomic mass is 35.5. The Morgan fingerprint density at radius 3 is 2.76 bits per heavy atom. The van der Waals surface area contributed by atoms with Gasteiger partial charge in [-0.3, -0.25) is 0 Å². The van der Waals surface area contributed by atoms with Gasteiger partial charge < -0.3 is 9.84 Å². The van der Waals surface area contributed by atoms with E-state index in [1.54, 1.807) is 6.07 Å². The van der Waals surface area contributed by atoms with Crippen LogP contribution in [0.1, 0.15) is 18.4 Å². The topological polar surface area (TPSA) is 66.8 Å². The number of rotatable bonds is 8. The van der Waals surface area contributed by atoms with Crippen LogP contribution in [0, 0.1) is 5.92 Å². The Bertz CT molecular complexity index is 587. The molecular weight excluding hydrogens is 314 g/mol. The molecule has 1 aliphatic carbocycles. The summed E-state index contributed by atoms with van der Waals surface area (Å²) in [7, 11) is -2.18. The SMILES string of the molecule is CN(CCOCC1CC1)S(=O)(=O)c1cc(CO)ccc1Cl. The summed E-state index contributed by atoms with van der Waals surface area (Å²) in [5.74, 6) is 0.655. The van der Waals surface area contributed by atoms with E-state index < -0.39 is 10.0 Å². The second kappa shape index (κ2) is 7.07. The van der Waals surface area contributed by atoms with Crippen LogP contribution in [0.4, 0.5) is 0 Å². The highest BCUT2D eigenvalue weighted by Crippen LogP contribution is 2.29. The normalized spacial score (nSPS) is 15.6. The van der Waals surface area contributed by atoms with E-state index in [9.17, 15) is 8.42 Å².